The highest BCUT2D eigenvalue weighted by Gasteiger charge is 2.21. The maximum absolute atomic E-state index is 13.9. The molecule has 0 unspecified atom stereocenters. The van der Waals surface area contributed by atoms with E-state index in [2.05, 4.69) is 9.97 Å². The van der Waals surface area contributed by atoms with Crippen LogP contribution in [-0.2, 0) is 0 Å². The number of nitrogens with one attached hydrogen (secondary N) is 1. The predicted molar refractivity (Wildman–Crippen MR) is 89.8 cm³/mol. The van der Waals surface area contributed by atoms with Crippen molar-refractivity contribution in [3.8, 4) is 0 Å². The molecule has 5 nitrogen and oxygen atoms in total. The average Bonchev–Trinajstić information content (AvgIpc) is 2.55. The summed E-state index contributed by atoms with van der Waals surface area (Å²) in [5, 5.41) is 0. The maximum Gasteiger partial charge on any atom is 0.252 e. The third-order valence-corrected chi connectivity index (χ3v) is 4.11. The van der Waals surface area contributed by atoms with Crippen molar-refractivity contribution >= 4 is 11.6 Å². The summed E-state index contributed by atoms with van der Waals surface area (Å²) in [4.78, 5) is 23.2. The first-order valence-corrected chi connectivity index (χ1v) is 7.90. The molecule has 2 heterocycles. The van der Waals surface area contributed by atoms with E-state index in [-0.39, 0.29) is 17.3 Å². The zero-order valence-corrected chi connectivity index (χ0v) is 13.4. The first kappa shape index (κ1) is 15.5. The van der Waals surface area contributed by atoms with Gasteiger partial charge in [0.1, 0.15) is 5.82 Å². The monoisotopic (exact) mass is 316 g/mol. The summed E-state index contributed by atoms with van der Waals surface area (Å²) in [5.74, 6) is 0.611. The molecule has 1 fully saturated rings. The second-order valence-corrected chi connectivity index (χ2v) is 6.07. The van der Waals surface area contributed by atoms with Crippen LogP contribution in [0.3, 0.4) is 0 Å². The van der Waals surface area contributed by atoms with Crippen molar-refractivity contribution in [1.29, 1.82) is 0 Å². The number of aromatic nitrogens is 2. The van der Waals surface area contributed by atoms with Crippen molar-refractivity contribution < 1.29 is 4.39 Å². The molecule has 1 saturated heterocycles. The van der Waals surface area contributed by atoms with Crippen molar-refractivity contribution in [2.24, 2.45) is 0 Å². The first-order valence-electron chi connectivity index (χ1n) is 7.90. The van der Waals surface area contributed by atoms with Gasteiger partial charge in [-0.25, -0.2) is 9.37 Å². The van der Waals surface area contributed by atoms with E-state index in [0.29, 0.717) is 37.8 Å². The Morgan fingerprint density at radius 2 is 1.78 bits per heavy atom. The molecular weight excluding hydrogens is 295 g/mol. The lowest BCUT2D eigenvalue weighted by atomic mass is 10.1. The first-order chi connectivity index (χ1) is 11.0. The van der Waals surface area contributed by atoms with E-state index >= 15 is 0 Å². The summed E-state index contributed by atoms with van der Waals surface area (Å²) >= 11 is 0. The number of piperazine rings is 1. The Kier molecular flexibility index (Phi) is 4.32. The van der Waals surface area contributed by atoms with Gasteiger partial charge in [0.25, 0.3) is 5.56 Å². The molecule has 0 bridgehead atoms. The number of rotatable bonds is 3. The van der Waals surface area contributed by atoms with Crippen LogP contribution in [0.5, 0.6) is 0 Å². The van der Waals surface area contributed by atoms with Crippen molar-refractivity contribution in [1.82, 2.24) is 9.97 Å². The number of anilines is 2. The van der Waals surface area contributed by atoms with E-state index in [1.165, 1.54) is 6.07 Å². The van der Waals surface area contributed by atoms with Gasteiger partial charge < -0.3 is 9.80 Å². The van der Waals surface area contributed by atoms with Crippen LogP contribution in [0.25, 0.3) is 0 Å². The fourth-order valence-electron chi connectivity index (χ4n) is 2.78. The molecule has 6 heteroatoms. The number of hydrogen-bond acceptors (Lipinski definition) is 4. The van der Waals surface area contributed by atoms with Crippen LogP contribution in [0.15, 0.2) is 35.1 Å². The molecule has 1 aliphatic heterocycles. The van der Waals surface area contributed by atoms with E-state index in [9.17, 15) is 9.18 Å². The molecule has 0 amide bonds. The van der Waals surface area contributed by atoms with Crippen LogP contribution in [-0.4, -0.2) is 36.1 Å². The number of benzene rings is 1. The maximum atomic E-state index is 13.9. The Hall–Kier alpha value is -2.37. The Morgan fingerprint density at radius 3 is 2.43 bits per heavy atom. The summed E-state index contributed by atoms with van der Waals surface area (Å²) in [5.41, 5.74) is 1.29. The highest BCUT2D eigenvalue weighted by molar-refractivity contribution is 5.49. The van der Waals surface area contributed by atoms with Gasteiger partial charge in [-0.3, -0.25) is 9.78 Å². The number of aromatic amines is 1. The zero-order valence-electron chi connectivity index (χ0n) is 13.4. The van der Waals surface area contributed by atoms with Crippen LogP contribution in [0, 0.1) is 5.82 Å². The predicted octanol–water partition coefficient (Wildman–Crippen LogP) is 2.36. The van der Waals surface area contributed by atoms with Crippen molar-refractivity contribution in [3.63, 3.8) is 0 Å². The lowest BCUT2D eigenvalue weighted by Crippen LogP contribution is -2.47. The molecule has 122 valence electrons. The Balaban J connectivity index is 1.74. The minimum absolute atomic E-state index is 0.129. The van der Waals surface area contributed by atoms with Crippen LogP contribution in [0.4, 0.5) is 16.0 Å². The summed E-state index contributed by atoms with van der Waals surface area (Å²) in [6.45, 7) is 6.80. The highest BCUT2D eigenvalue weighted by atomic mass is 19.1. The summed E-state index contributed by atoms with van der Waals surface area (Å²) < 4.78 is 13.9. The van der Waals surface area contributed by atoms with Gasteiger partial charge in [0.2, 0.25) is 5.95 Å². The van der Waals surface area contributed by atoms with Crippen molar-refractivity contribution in [2.75, 3.05) is 36.0 Å². The van der Waals surface area contributed by atoms with Gasteiger partial charge in [0.05, 0.1) is 11.4 Å². The molecule has 0 radical (unpaired) electrons. The van der Waals surface area contributed by atoms with Crippen LogP contribution < -0.4 is 15.4 Å². The number of H-pyrrole nitrogens is 1. The molecule has 0 spiro atoms. The third kappa shape index (κ3) is 3.36. The highest BCUT2D eigenvalue weighted by Crippen LogP contribution is 2.21. The van der Waals surface area contributed by atoms with Gasteiger partial charge in [-0.1, -0.05) is 26.0 Å². The molecule has 1 aliphatic rings. The Labute approximate surface area is 134 Å². The van der Waals surface area contributed by atoms with Gasteiger partial charge >= 0.3 is 0 Å². The molecule has 0 saturated carbocycles. The average molecular weight is 316 g/mol. The topological polar surface area (TPSA) is 52.2 Å². The van der Waals surface area contributed by atoms with Crippen molar-refractivity contribution in [3.05, 3.63) is 52.2 Å². The summed E-state index contributed by atoms with van der Waals surface area (Å²) in [6, 6.07) is 8.36. The van der Waals surface area contributed by atoms with E-state index in [1.807, 2.05) is 29.7 Å². The lowest BCUT2D eigenvalue weighted by Gasteiger charge is -2.36. The molecule has 1 aromatic heterocycles. The Bertz CT molecular complexity index is 735. The van der Waals surface area contributed by atoms with E-state index in [0.717, 1.165) is 5.69 Å². The number of hydrogen-bond donors (Lipinski definition) is 1. The zero-order chi connectivity index (χ0) is 16.4. The molecule has 1 N–H and O–H groups in total. The fraction of sp³-hybridized carbons (Fsp3) is 0.412. The largest absolute Gasteiger partial charge is 0.366 e. The molecule has 2 aromatic rings. The van der Waals surface area contributed by atoms with Gasteiger partial charge in [-0.15, -0.1) is 0 Å². The van der Waals surface area contributed by atoms with Gasteiger partial charge in [-0.05, 0) is 18.1 Å². The summed E-state index contributed by atoms with van der Waals surface area (Å²) in [6.07, 6.45) is 0. The van der Waals surface area contributed by atoms with Crippen LogP contribution in [0.1, 0.15) is 25.5 Å². The molecule has 1 aromatic carbocycles. The van der Waals surface area contributed by atoms with Crippen molar-refractivity contribution in [2.45, 2.75) is 19.8 Å². The molecule has 0 aliphatic carbocycles. The molecule has 3 rings (SSSR count). The number of halogens is 1. The summed E-state index contributed by atoms with van der Waals surface area (Å²) in [7, 11) is 0. The minimum Gasteiger partial charge on any atom is -0.366 e. The Morgan fingerprint density at radius 1 is 1.13 bits per heavy atom. The van der Waals surface area contributed by atoms with E-state index in [1.54, 1.807) is 18.2 Å². The number of para-hydroxylation sites is 1. The SMILES string of the molecule is CC(C)c1cc(=O)[nH]c(N2CCN(c3ccccc3F)CC2)n1. The normalized spacial score (nSPS) is 15.3. The van der Waals surface area contributed by atoms with Gasteiger partial charge in [0, 0.05) is 32.2 Å². The standard InChI is InChI=1S/C17H21FN4O/c1-12(2)14-11-16(23)20-17(19-14)22-9-7-21(8-10-22)15-6-4-3-5-13(15)18/h3-6,11-12H,7-10H2,1-2H3,(H,19,20,23). The smallest absolute Gasteiger partial charge is 0.252 e. The van der Waals surface area contributed by atoms with Crippen LogP contribution in [0.2, 0.25) is 0 Å². The second-order valence-electron chi connectivity index (χ2n) is 6.07. The molecular formula is C17H21FN4O. The lowest BCUT2D eigenvalue weighted by molar-refractivity contribution is 0.592. The third-order valence-electron chi connectivity index (χ3n) is 4.11. The van der Waals surface area contributed by atoms with Crippen LogP contribution >= 0.6 is 0 Å². The van der Waals surface area contributed by atoms with Gasteiger partial charge in [-0.2, -0.15) is 0 Å². The second kappa shape index (κ2) is 6.40. The van der Waals surface area contributed by atoms with E-state index < -0.39 is 0 Å². The number of nitrogens with zero attached hydrogens (tertiary/aromatic N) is 3. The van der Waals surface area contributed by atoms with Gasteiger partial charge in [0.15, 0.2) is 0 Å². The fourth-order valence-corrected chi connectivity index (χ4v) is 2.78. The minimum atomic E-state index is -0.200. The molecule has 23 heavy (non-hydrogen) atoms. The quantitative estimate of drug-likeness (QED) is 0.944. The van der Waals surface area contributed by atoms with E-state index in [4.69, 9.17) is 0 Å². The molecule has 0 atom stereocenters.